The predicted molar refractivity (Wildman–Crippen MR) is 74.9 cm³/mol. The first-order valence-electron chi connectivity index (χ1n) is 6.29. The van der Waals surface area contributed by atoms with E-state index in [0.29, 0.717) is 16.9 Å². The quantitative estimate of drug-likeness (QED) is 0.685. The maximum atomic E-state index is 13.9. The molecule has 0 heterocycles. The van der Waals surface area contributed by atoms with Gasteiger partial charge in [0, 0.05) is 12.1 Å². The number of hydrogen-bond donors (Lipinski definition) is 1. The summed E-state index contributed by atoms with van der Waals surface area (Å²) in [5, 5.41) is 20.0. The monoisotopic (exact) mass is 291 g/mol. The van der Waals surface area contributed by atoms with Gasteiger partial charge in [-0.2, -0.15) is 0 Å². The van der Waals surface area contributed by atoms with E-state index in [2.05, 4.69) is 0 Å². The molecule has 0 saturated carbocycles. The van der Waals surface area contributed by atoms with Crippen molar-refractivity contribution in [2.45, 2.75) is 20.0 Å². The Morgan fingerprint density at radius 1 is 1.24 bits per heavy atom. The number of hydrogen-bond acceptors (Lipinski definition) is 4. The van der Waals surface area contributed by atoms with Crippen molar-refractivity contribution >= 4 is 5.69 Å². The largest absolute Gasteiger partial charge is 0.454 e. The van der Waals surface area contributed by atoms with Crippen LogP contribution in [-0.4, -0.2) is 10.0 Å². The standard InChI is InChI=1S/C15H14FNO4/c1-9-7-12(17(19)20)4-6-14(9)21-15-5-3-11(10(2)18)8-13(15)16/h3-8,10,18H,1-2H3. The van der Waals surface area contributed by atoms with Crippen LogP contribution in [0.3, 0.4) is 0 Å². The van der Waals surface area contributed by atoms with Gasteiger partial charge in [0.05, 0.1) is 11.0 Å². The van der Waals surface area contributed by atoms with Gasteiger partial charge in [0.15, 0.2) is 11.6 Å². The zero-order valence-corrected chi connectivity index (χ0v) is 11.5. The molecule has 0 spiro atoms. The van der Waals surface area contributed by atoms with Gasteiger partial charge in [0.25, 0.3) is 5.69 Å². The van der Waals surface area contributed by atoms with E-state index in [0.717, 1.165) is 0 Å². The van der Waals surface area contributed by atoms with Gasteiger partial charge in [-0.25, -0.2) is 4.39 Å². The molecule has 6 heteroatoms. The van der Waals surface area contributed by atoms with Crippen molar-refractivity contribution in [2.24, 2.45) is 0 Å². The molecule has 110 valence electrons. The van der Waals surface area contributed by atoms with E-state index < -0.39 is 16.8 Å². The van der Waals surface area contributed by atoms with Crippen LogP contribution in [0.2, 0.25) is 0 Å². The first-order valence-corrected chi connectivity index (χ1v) is 6.29. The van der Waals surface area contributed by atoms with E-state index in [-0.39, 0.29) is 11.4 Å². The highest BCUT2D eigenvalue weighted by Crippen LogP contribution is 2.30. The van der Waals surface area contributed by atoms with Gasteiger partial charge in [-0.3, -0.25) is 10.1 Å². The van der Waals surface area contributed by atoms with Gasteiger partial charge in [0.2, 0.25) is 0 Å². The number of rotatable bonds is 4. The minimum absolute atomic E-state index is 0.00338. The van der Waals surface area contributed by atoms with Crippen LogP contribution in [0.15, 0.2) is 36.4 Å². The number of ether oxygens (including phenoxy) is 1. The summed E-state index contributed by atoms with van der Waals surface area (Å²) in [5.41, 5.74) is 0.924. The number of aliphatic hydroxyl groups excluding tert-OH is 1. The van der Waals surface area contributed by atoms with Crippen molar-refractivity contribution in [2.75, 3.05) is 0 Å². The van der Waals surface area contributed by atoms with Crippen molar-refractivity contribution in [1.82, 2.24) is 0 Å². The number of nitro benzene ring substituents is 1. The molecule has 1 atom stereocenters. The number of aliphatic hydroxyl groups is 1. The van der Waals surface area contributed by atoms with Gasteiger partial charge < -0.3 is 9.84 Å². The molecule has 0 aliphatic carbocycles. The lowest BCUT2D eigenvalue weighted by Crippen LogP contribution is -1.96. The molecule has 0 radical (unpaired) electrons. The van der Waals surface area contributed by atoms with Crippen LogP contribution in [-0.2, 0) is 0 Å². The highest BCUT2D eigenvalue weighted by molar-refractivity contribution is 5.45. The molecule has 0 amide bonds. The molecular weight excluding hydrogens is 277 g/mol. The Morgan fingerprint density at radius 2 is 1.90 bits per heavy atom. The SMILES string of the molecule is Cc1cc([N+](=O)[O-])ccc1Oc1ccc(C(C)O)cc1F. The predicted octanol–water partition coefficient (Wildman–Crippen LogP) is 3.89. The Labute approximate surface area is 120 Å². The second kappa shape index (κ2) is 5.88. The van der Waals surface area contributed by atoms with Crippen molar-refractivity contribution in [3.63, 3.8) is 0 Å². The number of nitro groups is 1. The fraction of sp³-hybridized carbons (Fsp3) is 0.200. The summed E-state index contributed by atoms with van der Waals surface area (Å²) in [6.07, 6.45) is -0.769. The average Bonchev–Trinajstić information content (AvgIpc) is 2.42. The van der Waals surface area contributed by atoms with Crippen LogP contribution in [0, 0.1) is 22.9 Å². The molecule has 0 aliphatic heterocycles. The highest BCUT2D eigenvalue weighted by atomic mass is 19.1. The third kappa shape index (κ3) is 3.35. The number of aryl methyl sites for hydroxylation is 1. The molecule has 0 aromatic heterocycles. The summed E-state index contributed by atoms with van der Waals surface area (Å²) >= 11 is 0. The van der Waals surface area contributed by atoms with Crippen LogP contribution in [0.5, 0.6) is 11.5 Å². The van der Waals surface area contributed by atoms with Crippen LogP contribution >= 0.6 is 0 Å². The van der Waals surface area contributed by atoms with Crippen molar-refractivity contribution in [1.29, 1.82) is 0 Å². The average molecular weight is 291 g/mol. The molecule has 2 aromatic rings. The topological polar surface area (TPSA) is 72.6 Å². The van der Waals surface area contributed by atoms with Gasteiger partial charge in [-0.1, -0.05) is 6.07 Å². The lowest BCUT2D eigenvalue weighted by molar-refractivity contribution is -0.384. The zero-order valence-electron chi connectivity index (χ0n) is 11.5. The third-order valence-corrected chi connectivity index (χ3v) is 3.03. The van der Waals surface area contributed by atoms with E-state index in [4.69, 9.17) is 4.74 Å². The van der Waals surface area contributed by atoms with Crippen LogP contribution in [0.25, 0.3) is 0 Å². The molecule has 1 unspecified atom stereocenters. The van der Waals surface area contributed by atoms with E-state index in [1.54, 1.807) is 13.0 Å². The van der Waals surface area contributed by atoms with Crippen molar-refractivity contribution in [3.8, 4) is 11.5 Å². The van der Waals surface area contributed by atoms with Crippen LogP contribution < -0.4 is 4.74 Å². The molecule has 2 aromatic carbocycles. The van der Waals surface area contributed by atoms with E-state index in [9.17, 15) is 19.6 Å². The Morgan fingerprint density at radius 3 is 2.43 bits per heavy atom. The molecule has 0 fully saturated rings. The van der Waals surface area contributed by atoms with Crippen molar-refractivity contribution in [3.05, 3.63) is 63.5 Å². The van der Waals surface area contributed by atoms with Gasteiger partial charge in [-0.05, 0) is 43.2 Å². The number of benzene rings is 2. The molecule has 21 heavy (non-hydrogen) atoms. The summed E-state index contributed by atoms with van der Waals surface area (Å²) in [7, 11) is 0. The Bertz CT molecular complexity index is 685. The normalized spacial score (nSPS) is 12.0. The number of nitrogens with zero attached hydrogens (tertiary/aromatic N) is 1. The Hall–Kier alpha value is -2.47. The van der Waals surface area contributed by atoms with Crippen LogP contribution in [0.1, 0.15) is 24.2 Å². The fourth-order valence-electron chi connectivity index (χ4n) is 1.84. The first kappa shape index (κ1) is 14.9. The smallest absolute Gasteiger partial charge is 0.269 e. The zero-order chi connectivity index (χ0) is 15.6. The number of non-ortho nitro benzene ring substituents is 1. The Balaban J connectivity index is 2.28. The molecule has 0 bridgehead atoms. The fourth-order valence-corrected chi connectivity index (χ4v) is 1.84. The molecule has 1 N–H and O–H groups in total. The molecule has 0 aliphatic rings. The molecular formula is C15H14FNO4. The van der Waals surface area contributed by atoms with E-state index >= 15 is 0 Å². The highest BCUT2D eigenvalue weighted by Gasteiger charge is 2.12. The maximum absolute atomic E-state index is 13.9. The number of halogens is 1. The minimum atomic E-state index is -0.769. The van der Waals surface area contributed by atoms with Crippen molar-refractivity contribution < 1.29 is 19.2 Å². The first-order chi connectivity index (χ1) is 9.88. The van der Waals surface area contributed by atoms with E-state index in [1.165, 1.54) is 37.3 Å². The summed E-state index contributed by atoms with van der Waals surface area (Å²) in [4.78, 5) is 10.2. The maximum Gasteiger partial charge on any atom is 0.269 e. The summed E-state index contributed by atoms with van der Waals surface area (Å²) < 4.78 is 19.3. The lowest BCUT2D eigenvalue weighted by Gasteiger charge is -2.11. The Kier molecular flexibility index (Phi) is 4.18. The summed E-state index contributed by atoms with van der Waals surface area (Å²) in [5.74, 6) is -0.271. The van der Waals surface area contributed by atoms with Gasteiger partial charge in [-0.15, -0.1) is 0 Å². The second-order valence-electron chi connectivity index (χ2n) is 4.67. The van der Waals surface area contributed by atoms with Crippen LogP contribution in [0.4, 0.5) is 10.1 Å². The molecule has 0 saturated heterocycles. The van der Waals surface area contributed by atoms with Gasteiger partial charge >= 0.3 is 0 Å². The molecule has 2 rings (SSSR count). The second-order valence-corrected chi connectivity index (χ2v) is 4.67. The van der Waals surface area contributed by atoms with Gasteiger partial charge in [0.1, 0.15) is 5.75 Å². The lowest BCUT2D eigenvalue weighted by atomic mass is 10.1. The van der Waals surface area contributed by atoms with E-state index in [1.807, 2.05) is 0 Å². The third-order valence-electron chi connectivity index (χ3n) is 3.03. The molecule has 5 nitrogen and oxygen atoms in total. The minimum Gasteiger partial charge on any atom is -0.454 e. The summed E-state index contributed by atoms with van der Waals surface area (Å²) in [6.45, 7) is 3.18. The summed E-state index contributed by atoms with van der Waals surface area (Å²) in [6, 6.07) is 8.25.